The molecule has 0 aliphatic carbocycles. The maximum atomic E-state index is 13.1. The Balaban J connectivity index is 1.90. The fraction of sp³-hybridized carbons (Fsp3) is 0.474. The summed E-state index contributed by atoms with van der Waals surface area (Å²) in [6.07, 6.45) is -3.18. The summed E-state index contributed by atoms with van der Waals surface area (Å²) < 4.78 is 68.8. The fourth-order valence-corrected chi connectivity index (χ4v) is 4.30. The molecule has 0 unspecified atom stereocenters. The number of hydrogen-bond acceptors (Lipinski definition) is 6. The molecular weight excluding hydrogens is 473 g/mol. The molecule has 3 rings (SSSR count). The van der Waals surface area contributed by atoms with Gasteiger partial charge in [-0.15, -0.1) is 0 Å². The third-order valence-corrected chi connectivity index (χ3v) is 6.41. The van der Waals surface area contributed by atoms with Crippen LogP contribution < -0.4 is 15.2 Å². The van der Waals surface area contributed by atoms with Crippen molar-refractivity contribution in [2.75, 3.05) is 43.9 Å². The molecule has 1 aromatic carbocycles. The average Bonchev–Trinajstić information content (AvgIpc) is 2.70. The van der Waals surface area contributed by atoms with E-state index in [4.69, 9.17) is 16.3 Å². The van der Waals surface area contributed by atoms with Gasteiger partial charge in [0.2, 0.25) is 15.8 Å². The van der Waals surface area contributed by atoms with E-state index in [1.54, 1.807) is 23.1 Å². The Bertz CT molecular complexity index is 1120. The van der Waals surface area contributed by atoms with Gasteiger partial charge in [0.1, 0.15) is 5.69 Å². The van der Waals surface area contributed by atoms with Crippen LogP contribution in [0.2, 0.25) is 5.02 Å². The molecule has 0 spiro atoms. The van der Waals surface area contributed by atoms with E-state index in [9.17, 15) is 26.4 Å². The van der Waals surface area contributed by atoms with Gasteiger partial charge in [0.25, 0.3) is 0 Å². The summed E-state index contributed by atoms with van der Waals surface area (Å²) in [5, 5.41) is 4.55. The molecule has 0 N–H and O–H groups in total. The molecule has 0 bridgehead atoms. The van der Waals surface area contributed by atoms with Crippen LogP contribution in [-0.4, -0.2) is 67.7 Å². The number of piperazine rings is 1. The van der Waals surface area contributed by atoms with Crippen molar-refractivity contribution in [2.24, 2.45) is 0 Å². The smallest absolute Gasteiger partial charge is 0.389 e. The maximum Gasteiger partial charge on any atom is 0.389 e. The van der Waals surface area contributed by atoms with Crippen LogP contribution in [-0.2, 0) is 10.0 Å². The molecular formula is C19H22ClF3N4O4S. The molecule has 8 nitrogen and oxygen atoms in total. The van der Waals surface area contributed by atoms with Crippen molar-refractivity contribution in [3.05, 3.63) is 45.8 Å². The summed E-state index contributed by atoms with van der Waals surface area (Å²) in [5.74, 6) is -0.144. The van der Waals surface area contributed by atoms with Gasteiger partial charge in [-0.25, -0.2) is 8.42 Å². The second-order valence-corrected chi connectivity index (χ2v) is 9.69. The lowest BCUT2D eigenvalue weighted by molar-refractivity contribution is -0.136. The number of ether oxygens (including phenoxy) is 1. The minimum absolute atomic E-state index is 0.144. The third kappa shape index (κ3) is 6.14. The standard InChI is InChI=1S/C19H22ClF3N4O4S/c1-32(29,30)26-9-7-25(8-10-26)16-13-24-27(15-5-2-4-14(20)12-15)18(28)17(16)31-11-3-6-19(21,22)23/h2,4-5,12-13H,3,6-11H2,1H3. The largest absolute Gasteiger partial charge is 0.486 e. The number of nitrogens with zero attached hydrogens (tertiary/aromatic N) is 4. The summed E-state index contributed by atoms with van der Waals surface area (Å²) in [7, 11) is -3.35. The first kappa shape index (κ1) is 24.3. The third-order valence-electron chi connectivity index (χ3n) is 4.87. The summed E-state index contributed by atoms with van der Waals surface area (Å²) in [5.41, 5.74) is 0.0202. The second kappa shape index (κ2) is 9.67. The molecule has 1 saturated heterocycles. The van der Waals surface area contributed by atoms with Crippen molar-refractivity contribution >= 4 is 27.3 Å². The van der Waals surface area contributed by atoms with E-state index in [2.05, 4.69) is 5.10 Å². The Morgan fingerprint density at radius 1 is 1.19 bits per heavy atom. The Kier molecular flexibility index (Phi) is 7.36. The molecule has 176 valence electrons. The van der Waals surface area contributed by atoms with Crippen LogP contribution in [0.1, 0.15) is 12.8 Å². The predicted molar refractivity (Wildman–Crippen MR) is 114 cm³/mol. The van der Waals surface area contributed by atoms with E-state index in [1.807, 2.05) is 0 Å². The van der Waals surface area contributed by atoms with Crippen LogP contribution in [0.3, 0.4) is 0 Å². The molecule has 1 fully saturated rings. The zero-order chi connectivity index (χ0) is 23.5. The highest BCUT2D eigenvalue weighted by Gasteiger charge is 2.28. The molecule has 2 heterocycles. The van der Waals surface area contributed by atoms with Gasteiger partial charge < -0.3 is 9.64 Å². The molecule has 0 saturated carbocycles. The van der Waals surface area contributed by atoms with Gasteiger partial charge in [0.15, 0.2) is 0 Å². The Hall–Kier alpha value is -2.31. The van der Waals surface area contributed by atoms with E-state index in [1.165, 1.54) is 16.6 Å². The predicted octanol–water partition coefficient (Wildman–Crippen LogP) is 2.69. The van der Waals surface area contributed by atoms with Gasteiger partial charge in [-0.2, -0.15) is 27.3 Å². The van der Waals surface area contributed by atoms with Crippen molar-refractivity contribution in [1.82, 2.24) is 14.1 Å². The Morgan fingerprint density at radius 3 is 2.47 bits per heavy atom. The SMILES string of the molecule is CS(=O)(=O)N1CCN(c2cnn(-c3cccc(Cl)c3)c(=O)c2OCCCC(F)(F)F)CC1. The van der Waals surface area contributed by atoms with Crippen LogP contribution in [0.15, 0.2) is 35.3 Å². The number of hydrogen-bond donors (Lipinski definition) is 0. The fourth-order valence-electron chi connectivity index (χ4n) is 3.29. The molecule has 13 heteroatoms. The van der Waals surface area contributed by atoms with Crippen molar-refractivity contribution in [3.63, 3.8) is 0 Å². The maximum absolute atomic E-state index is 13.1. The first-order valence-electron chi connectivity index (χ1n) is 9.73. The van der Waals surface area contributed by atoms with Gasteiger partial charge >= 0.3 is 11.7 Å². The molecule has 2 aromatic rings. The quantitative estimate of drug-likeness (QED) is 0.550. The van der Waals surface area contributed by atoms with E-state index in [0.29, 0.717) is 16.4 Å². The zero-order valence-corrected chi connectivity index (χ0v) is 18.8. The summed E-state index contributed by atoms with van der Waals surface area (Å²) >= 11 is 5.99. The van der Waals surface area contributed by atoms with Crippen molar-refractivity contribution in [3.8, 4) is 11.4 Å². The van der Waals surface area contributed by atoms with E-state index in [0.717, 1.165) is 10.9 Å². The lowest BCUT2D eigenvalue weighted by Crippen LogP contribution is -2.48. The number of anilines is 1. The Labute approximate surface area is 188 Å². The van der Waals surface area contributed by atoms with Gasteiger partial charge in [0, 0.05) is 37.6 Å². The summed E-state index contributed by atoms with van der Waals surface area (Å²) in [6, 6.07) is 6.39. The number of halogens is 4. The molecule has 0 radical (unpaired) electrons. The van der Waals surface area contributed by atoms with Crippen molar-refractivity contribution in [1.29, 1.82) is 0 Å². The summed E-state index contributed by atoms with van der Waals surface area (Å²) in [4.78, 5) is 14.9. The highest BCUT2D eigenvalue weighted by atomic mass is 35.5. The van der Waals surface area contributed by atoms with Crippen LogP contribution in [0, 0.1) is 0 Å². The Morgan fingerprint density at radius 2 is 1.88 bits per heavy atom. The van der Waals surface area contributed by atoms with Crippen LogP contribution >= 0.6 is 11.6 Å². The highest BCUT2D eigenvalue weighted by Crippen LogP contribution is 2.27. The van der Waals surface area contributed by atoms with Crippen LogP contribution in [0.4, 0.5) is 18.9 Å². The minimum atomic E-state index is -4.33. The first-order chi connectivity index (χ1) is 15.0. The van der Waals surface area contributed by atoms with E-state index < -0.39 is 28.2 Å². The van der Waals surface area contributed by atoms with Gasteiger partial charge in [-0.1, -0.05) is 17.7 Å². The van der Waals surface area contributed by atoms with Crippen LogP contribution in [0.25, 0.3) is 5.69 Å². The summed E-state index contributed by atoms with van der Waals surface area (Å²) in [6.45, 7) is 0.626. The monoisotopic (exact) mass is 494 g/mol. The van der Waals surface area contributed by atoms with Crippen molar-refractivity contribution in [2.45, 2.75) is 19.0 Å². The number of rotatable bonds is 7. The molecule has 0 amide bonds. The van der Waals surface area contributed by atoms with E-state index in [-0.39, 0.29) is 45.0 Å². The number of benzene rings is 1. The average molecular weight is 495 g/mol. The molecule has 1 aromatic heterocycles. The molecule has 1 aliphatic rings. The zero-order valence-electron chi connectivity index (χ0n) is 17.2. The first-order valence-corrected chi connectivity index (χ1v) is 12.0. The second-order valence-electron chi connectivity index (χ2n) is 7.27. The lowest BCUT2D eigenvalue weighted by atomic mass is 10.3. The molecule has 32 heavy (non-hydrogen) atoms. The molecule has 1 aliphatic heterocycles. The number of aromatic nitrogens is 2. The van der Waals surface area contributed by atoms with Gasteiger partial charge in [-0.05, 0) is 24.6 Å². The topological polar surface area (TPSA) is 84.7 Å². The van der Waals surface area contributed by atoms with Crippen LogP contribution in [0.5, 0.6) is 5.75 Å². The molecule has 0 atom stereocenters. The number of sulfonamides is 1. The lowest BCUT2D eigenvalue weighted by Gasteiger charge is -2.35. The van der Waals surface area contributed by atoms with Gasteiger partial charge in [-0.3, -0.25) is 4.79 Å². The van der Waals surface area contributed by atoms with Crippen molar-refractivity contribution < 1.29 is 26.3 Å². The van der Waals surface area contributed by atoms with E-state index >= 15 is 0 Å². The highest BCUT2D eigenvalue weighted by molar-refractivity contribution is 7.88. The number of alkyl halides is 3. The minimum Gasteiger partial charge on any atom is -0.486 e. The van der Waals surface area contributed by atoms with Gasteiger partial charge in [0.05, 0.1) is 24.7 Å². The normalized spacial score (nSPS) is 15.7.